The molecule has 0 saturated carbocycles. The summed E-state index contributed by atoms with van der Waals surface area (Å²) in [4.78, 5) is 13.3. The molecule has 0 bridgehead atoms. The molecule has 0 fully saturated rings. The number of carbonyl (C=O) groups is 1. The van der Waals surface area contributed by atoms with Gasteiger partial charge < -0.3 is 15.5 Å². The molecule has 0 saturated heterocycles. The molecule has 2 N–H and O–H groups in total. The van der Waals surface area contributed by atoms with Crippen LogP contribution in [0.15, 0.2) is 84.0 Å². The first-order valence-corrected chi connectivity index (χ1v) is 11.6. The minimum absolute atomic E-state index is 0.139. The van der Waals surface area contributed by atoms with Gasteiger partial charge in [-0.15, -0.1) is 10.2 Å². The fourth-order valence-electron chi connectivity index (χ4n) is 3.65. The number of thioether (sulfide) groups is 1. The molecule has 0 spiro atoms. The van der Waals surface area contributed by atoms with Crippen LogP contribution in [0, 0.1) is 12.7 Å². The predicted molar refractivity (Wildman–Crippen MR) is 129 cm³/mol. The van der Waals surface area contributed by atoms with Crippen LogP contribution < -0.4 is 15.5 Å². The lowest BCUT2D eigenvalue weighted by Gasteiger charge is -2.33. The van der Waals surface area contributed by atoms with Gasteiger partial charge in [-0.05, 0) is 36.8 Å². The highest BCUT2D eigenvalue weighted by Crippen LogP contribution is 2.38. The number of anilines is 1. The van der Waals surface area contributed by atoms with Gasteiger partial charge >= 0.3 is 0 Å². The molecular formula is C25H22FN5O2S. The molecule has 0 radical (unpaired) electrons. The lowest BCUT2D eigenvalue weighted by molar-refractivity contribution is -0.116. The SMILES string of the molecule is Cc1ccc([C@@H]2Nn3c(COc4ccccc4)nnc3S[C@@H]2C(=O)Nc2ccccc2F)cc1. The van der Waals surface area contributed by atoms with Crippen LogP contribution in [0.2, 0.25) is 0 Å². The Morgan fingerprint density at radius 1 is 1.06 bits per heavy atom. The van der Waals surface area contributed by atoms with Crippen molar-refractivity contribution in [2.45, 2.75) is 30.0 Å². The Hall–Kier alpha value is -3.85. The standard InChI is InChI=1S/C25H22FN5O2S/c1-16-11-13-17(14-12-16)22-23(24(32)27-20-10-6-5-9-19(20)26)34-25-29-28-21(31(25)30-22)15-33-18-7-3-2-4-8-18/h2-14,22-23,30H,15H2,1H3,(H,27,32)/t22-,23-/m0/s1. The molecule has 2 atom stereocenters. The molecule has 1 aliphatic rings. The zero-order valence-corrected chi connectivity index (χ0v) is 19.1. The predicted octanol–water partition coefficient (Wildman–Crippen LogP) is 4.70. The lowest BCUT2D eigenvalue weighted by Crippen LogP contribution is -2.41. The van der Waals surface area contributed by atoms with Crippen molar-refractivity contribution in [3.05, 3.63) is 102 Å². The van der Waals surface area contributed by atoms with E-state index in [1.165, 1.54) is 23.9 Å². The summed E-state index contributed by atoms with van der Waals surface area (Å²) in [5.74, 6) is 0.487. The summed E-state index contributed by atoms with van der Waals surface area (Å²) in [6.45, 7) is 2.21. The third kappa shape index (κ3) is 4.60. The summed E-state index contributed by atoms with van der Waals surface area (Å²) >= 11 is 1.28. The number of benzene rings is 3. The van der Waals surface area contributed by atoms with E-state index in [9.17, 15) is 9.18 Å². The maximum Gasteiger partial charge on any atom is 0.240 e. The molecule has 0 unspecified atom stereocenters. The Morgan fingerprint density at radius 3 is 2.56 bits per heavy atom. The third-order valence-corrected chi connectivity index (χ3v) is 6.66. The molecule has 0 aliphatic carbocycles. The van der Waals surface area contributed by atoms with Gasteiger partial charge in [0, 0.05) is 0 Å². The van der Waals surface area contributed by atoms with Gasteiger partial charge in [0.2, 0.25) is 11.1 Å². The topological polar surface area (TPSA) is 81.1 Å². The van der Waals surface area contributed by atoms with Crippen LogP contribution in [0.1, 0.15) is 23.0 Å². The highest BCUT2D eigenvalue weighted by atomic mass is 32.2. The molecule has 1 aromatic heterocycles. The van der Waals surface area contributed by atoms with E-state index in [0.29, 0.717) is 11.0 Å². The zero-order chi connectivity index (χ0) is 23.5. The number of para-hydroxylation sites is 2. The molecule has 5 rings (SSSR count). The Bertz CT molecular complexity index is 1300. The van der Waals surface area contributed by atoms with E-state index < -0.39 is 17.1 Å². The number of ether oxygens (including phenoxy) is 1. The molecule has 172 valence electrons. The Balaban J connectivity index is 1.43. The van der Waals surface area contributed by atoms with Crippen LogP contribution in [0.5, 0.6) is 5.75 Å². The Kier molecular flexibility index (Phi) is 6.18. The number of carbonyl (C=O) groups excluding carboxylic acids is 1. The molecule has 3 aromatic carbocycles. The molecule has 1 amide bonds. The minimum atomic E-state index is -0.609. The van der Waals surface area contributed by atoms with E-state index in [-0.39, 0.29) is 18.2 Å². The number of amides is 1. The maximum atomic E-state index is 14.2. The number of nitrogens with zero attached hydrogens (tertiary/aromatic N) is 3. The molecule has 1 aliphatic heterocycles. The van der Waals surface area contributed by atoms with Gasteiger partial charge in [0.15, 0.2) is 5.82 Å². The van der Waals surface area contributed by atoms with Gasteiger partial charge in [0.05, 0.1) is 11.7 Å². The van der Waals surface area contributed by atoms with Gasteiger partial charge in [-0.1, -0.05) is 71.9 Å². The monoisotopic (exact) mass is 475 g/mol. The number of halogens is 1. The largest absolute Gasteiger partial charge is 0.486 e. The molecular weight excluding hydrogens is 453 g/mol. The van der Waals surface area contributed by atoms with Crippen molar-refractivity contribution >= 4 is 23.4 Å². The Morgan fingerprint density at radius 2 is 1.79 bits per heavy atom. The van der Waals surface area contributed by atoms with Crippen molar-refractivity contribution < 1.29 is 13.9 Å². The van der Waals surface area contributed by atoms with Crippen LogP contribution in [0.4, 0.5) is 10.1 Å². The summed E-state index contributed by atoms with van der Waals surface area (Å²) in [5, 5.41) is 11.1. The van der Waals surface area contributed by atoms with E-state index in [2.05, 4.69) is 20.9 Å². The van der Waals surface area contributed by atoms with E-state index in [1.807, 2.05) is 61.5 Å². The van der Waals surface area contributed by atoms with Crippen molar-refractivity contribution in [1.82, 2.24) is 14.9 Å². The van der Waals surface area contributed by atoms with Gasteiger partial charge in [-0.2, -0.15) is 0 Å². The van der Waals surface area contributed by atoms with E-state index in [1.54, 1.807) is 16.8 Å². The molecule has 9 heteroatoms. The first-order chi connectivity index (χ1) is 16.6. The summed E-state index contributed by atoms with van der Waals surface area (Å²) in [6.07, 6.45) is 0. The zero-order valence-electron chi connectivity index (χ0n) is 18.3. The van der Waals surface area contributed by atoms with E-state index in [4.69, 9.17) is 4.74 Å². The van der Waals surface area contributed by atoms with Gasteiger partial charge in [0.1, 0.15) is 23.4 Å². The summed E-state index contributed by atoms with van der Waals surface area (Å²) < 4.78 is 21.8. The van der Waals surface area contributed by atoms with Crippen molar-refractivity contribution in [2.24, 2.45) is 0 Å². The highest BCUT2D eigenvalue weighted by Gasteiger charge is 2.38. The van der Waals surface area contributed by atoms with Gasteiger partial charge in [-0.25, -0.2) is 9.07 Å². The fraction of sp³-hybridized carbons (Fsp3) is 0.160. The number of fused-ring (bicyclic) bond motifs is 1. The molecule has 34 heavy (non-hydrogen) atoms. The first-order valence-electron chi connectivity index (χ1n) is 10.8. The fourth-order valence-corrected chi connectivity index (χ4v) is 4.75. The second-order valence-corrected chi connectivity index (χ2v) is 8.97. The van der Waals surface area contributed by atoms with E-state index >= 15 is 0 Å². The van der Waals surface area contributed by atoms with Crippen LogP contribution in [-0.2, 0) is 11.4 Å². The average molecular weight is 476 g/mol. The normalized spacial score (nSPS) is 16.9. The van der Waals surface area contributed by atoms with Gasteiger partial charge in [-0.3, -0.25) is 4.79 Å². The average Bonchev–Trinajstić information content (AvgIpc) is 3.26. The highest BCUT2D eigenvalue weighted by molar-refractivity contribution is 8.00. The molecule has 7 nitrogen and oxygen atoms in total. The van der Waals surface area contributed by atoms with E-state index in [0.717, 1.165) is 16.9 Å². The lowest BCUT2D eigenvalue weighted by atomic mass is 10.0. The van der Waals surface area contributed by atoms with Crippen LogP contribution >= 0.6 is 11.8 Å². The molecule has 2 heterocycles. The second-order valence-electron chi connectivity index (χ2n) is 7.86. The van der Waals surface area contributed by atoms with Crippen molar-refractivity contribution in [3.8, 4) is 5.75 Å². The summed E-state index contributed by atoms with van der Waals surface area (Å²) in [7, 11) is 0. The van der Waals surface area contributed by atoms with Crippen LogP contribution in [0.25, 0.3) is 0 Å². The first kappa shape index (κ1) is 22.0. The smallest absolute Gasteiger partial charge is 0.240 e. The second kappa shape index (κ2) is 9.56. The number of hydrogen-bond donors (Lipinski definition) is 2. The van der Waals surface area contributed by atoms with Crippen molar-refractivity contribution in [2.75, 3.05) is 10.7 Å². The number of aromatic nitrogens is 3. The summed E-state index contributed by atoms with van der Waals surface area (Å²) in [6, 6.07) is 23.1. The minimum Gasteiger partial charge on any atom is -0.486 e. The summed E-state index contributed by atoms with van der Waals surface area (Å²) in [5.41, 5.74) is 5.55. The number of nitrogens with one attached hydrogen (secondary N) is 2. The molecule has 4 aromatic rings. The Labute approximate surface area is 200 Å². The van der Waals surface area contributed by atoms with Crippen LogP contribution in [0.3, 0.4) is 0 Å². The van der Waals surface area contributed by atoms with Crippen molar-refractivity contribution in [3.63, 3.8) is 0 Å². The third-order valence-electron chi connectivity index (χ3n) is 5.44. The number of hydrogen-bond acceptors (Lipinski definition) is 6. The van der Waals surface area contributed by atoms with Crippen LogP contribution in [-0.4, -0.2) is 26.0 Å². The maximum absolute atomic E-state index is 14.2. The van der Waals surface area contributed by atoms with Crippen molar-refractivity contribution in [1.29, 1.82) is 0 Å². The number of aryl methyl sites for hydroxylation is 1. The quantitative estimate of drug-likeness (QED) is 0.421. The van der Waals surface area contributed by atoms with Gasteiger partial charge in [0.25, 0.3) is 0 Å². The number of rotatable bonds is 6.